The molecule has 0 unspecified atom stereocenters. The van der Waals surface area contributed by atoms with Gasteiger partial charge in [-0.2, -0.15) is 13.2 Å². The van der Waals surface area contributed by atoms with Gasteiger partial charge in [0.1, 0.15) is 5.75 Å². The van der Waals surface area contributed by atoms with E-state index in [4.69, 9.17) is 14.8 Å². The first-order chi connectivity index (χ1) is 33.1. The molecule has 2 heterocycles. The van der Waals surface area contributed by atoms with Crippen molar-refractivity contribution in [1.82, 2.24) is 10.1 Å². The lowest BCUT2D eigenvalue weighted by molar-refractivity contribution is -0.135. The van der Waals surface area contributed by atoms with E-state index in [0.29, 0.717) is 30.0 Å². The van der Waals surface area contributed by atoms with Crippen LogP contribution in [-0.2, 0) is 11.8 Å². The van der Waals surface area contributed by atoms with Crippen LogP contribution >= 0.6 is 0 Å². The molecule has 11 heteroatoms. The lowest BCUT2D eigenvalue weighted by Gasteiger charge is -2.19. The van der Waals surface area contributed by atoms with Gasteiger partial charge in [0.25, 0.3) is 0 Å². The molecule has 0 aliphatic heterocycles. The predicted molar refractivity (Wildman–Crippen MR) is 278 cm³/mol. The van der Waals surface area contributed by atoms with Crippen molar-refractivity contribution in [1.29, 1.82) is 0 Å². The topological polar surface area (TPSA) is 115 Å². The Hall–Kier alpha value is -4.93. The van der Waals surface area contributed by atoms with E-state index < -0.39 is 18.6 Å². The molecule has 0 aliphatic carbocycles. The molecule has 0 aliphatic rings. The normalized spacial score (nSPS) is 11.8. The minimum atomic E-state index is -4.04. The first-order valence-corrected chi connectivity index (χ1v) is 26.3. The molecule has 2 N–H and O–H groups in total. The molecule has 5 rings (SSSR count). The molecular weight excluding hydrogens is 876 g/mol. The highest BCUT2D eigenvalue weighted by Gasteiger charge is 2.26. The summed E-state index contributed by atoms with van der Waals surface area (Å²) in [5.74, 6) is -0.568. The fourth-order valence-electron chi connectivity index (χ4n) is 8.74. The maximum absolute atomic E-state index is 13.4. The number of carbonyl (C=O) groups excluding carboxylic acids is 1. The molecule has 0 radical (unpaired) electrons. The lowest BCUT2D eigenvalue weighted by atomic mass is 9.92. The van der Waals surface area contributed by atoms with E-state index >= 15 is 0 Å². The Bertz CT molecular complexity index is 2300. The minimum Gasteiger partial charge on any atom is -0.493 e. The number of nitrogens with one attached hydrogen (secondary N) is 1. The number of unbranched alkanes of at least 4 members (excludes halogenated alkanes) is 19. The first-order valence-electron chi connectivity index (χ1n) is 26.3. The number of ketones is 1. The van der Waals surface area contributed by atoms with E-state index in [0.717, 1.165) is 104 Å². The Labute approximate surface area is 411 Å². The van der Waals surface area contributed by atoms with Crippen LogP contribution in [0, 0.1) is 0 Å². The van der Waals surface area contributed by atoms with Crippen LogP contribution in [0.4, 0.5) is 18.9 Å². The summed E-state index contributed by atoms with van der Waals surface area (Å²) in [6.07, 6.45) is 20.5. The van der Waals surface area contributed by atoms with Gasteiger partial charge in [-0.15, -0.1) is 0 Å². The molecule has 0 atom stereocenters. The van der Waals surface area contributed by atoms with Gasteiger partial charge in [0.2, 0.25) is 5.76 Å². The van der Waals surface area contributed by atoms with Gasteiger partial charge >= 0.3 is 12.1 Å². The standard InChI is InChI=1S/C50H71F3N2O2.C8H11NO3/c1-4-6-8-10-12-17-21-27-35-57-46-38-43-36-42-32-31-41(44-30-24-23-29-40(44)28-22-18-14-13-15-19-25-33-50(51,52)53)37-45(42)55-48(43)49(47(46)39(3)56)54-34-26-20-16-11-9-7-5-2;1-8(2,3)6-4-5(7(10)11)12-9-6/h23-24,29-32,36-38,54H,4-22,25-28,33-35H2,1-3H3;4H,1-3H3,(H,10,11). The number of rotatable bonds is 31. The van der Waals surface area contributed by atoms with E-state index in [9.17, 15) is 22.8 Å². The van der Waals surface area contributed by atoms with Crippen LogP contribution in [0.2, 0.25) is 0 Å². The number of ether oxygens (including phenoxy) is 1. The summed E-state index contributed by atoms with van der Waals surface area (Å²) in [6.45, 7) is 13.3. The molecule has 0 amide bonds. The van der Waals surface area contributed by atoms with Crippen LogP contribution in [0.1, 0.15) is 221 Å². The Morgan fingerprint density at radius 3 is 1.87 bits per heavy atom. The van der Waals surface area contributed by atoms with Gasteiger partial charge in [-0.25, -0.2) is 9.78 Å². The number of aromatic nitrogens is 2. The van der Waals surface area contributed by atoms with Gasteiger partial charge in [0.15, 0.2) is 5.78 Å². The summed E-state index contributed by atoms with van der Waals surface area (Å²) in [5, 5.41) is 17.9. The maximum atomic E-state index is 13.4. The van der Waals surface area contributed by atoms with Crippen LogP contribution in [0.3, 0.4) is 0 Å². The fraction of sp³-hybridized carbons (Fsp3) is 0.586. The molecule has 5 aromatic rings. The van der Waals surface area contributed by atoms with Crippen LogP contribution in [0.15, 0.2) is 65.2 Å². The van der Waals surface area contributed by atoms with E-state index in [1.807, 2.05) is 26.8 Å². The summed E-state index contributed by atoms with van der Waals surface area (Å²) >= 11 is 0. The Morgan fingerprint density at radius 2 is 1.29 bits per heavy atom. The third-order valence-corrected chi connectivity index (χ3v) is 12.8. The zero-order chi connectivity index (χ0) is 50.1. The third-order valence-electron chi connectivity index (χ3n) is 12.8. The number of alkyl halides is 3. The number of pyridine rings is 1. The molecule has 380 valence electrons. The number of Topliss-reactive ketones (excluding diaryl/α,β-unsaturated/α-hetero) is 1. The van der Waals surface area contributed by atoms with Crippen molar-refractivity contribution in [2.24, 2.45) is 0 Å². The third kappa shape index (κ3) is 20.1. The quantitative estimate of drug-likeness (QED) is 0.0256. The molecule has 0 bridgehead atoms. The largest absolute Gasteiger partial charge is 0.493 e. The number of hydrogen-bond donors (Lipinski definition) is 2. The van der Waals surface area contributed by atoms with E-state index in [-0.39, 0.29) is 23.4 Å². The van der Waals surface area contributed by atoms with Crippen molar-refractivity contribution < 1.29 is 37.1 Å². The summed E-state index contributed by atoms with van der Waals surface area (Å²) in [4.78, 5) is 29.1. The molecule has 0 saturated carbocycles. The lowest BCUT2D eigenvalue weighted by Crippen LogP contribution is -2.11. The molecule has 0 saturated heterocycles. The van der Waals surface area contributed by atoms with Crippen molar-refractivity contribution in [3.8, 4) is 16.9 Å². The molecule has 3 aromatic carbocycles. The van der Waals surface area contributed by atoms with Gasteiger partial charge in [-0.05, 0) is 73.9 Å². The number of aromatic carboxylic acids is 1. The van der Waals surface area contributed by atoms with E-state index in [2.05, 4.69) is 77.4 Å². The number of aryl methyl sites for hydroxylation is 1. The first kappa shape index (κ1) is 56.7. The number of hydrogen-bond acceptors (Lipinski definition) is 7. The summed E-state index contributed by atoms with van der Waals surface area (Å²) in [7, 11) is 0. The highest BCUT2D eigenvalue weighted by atomic mass is 19.4. The number of carboxylic acids is 1. The zero-order valence-corrected chi connectivity index (χ0v) is 42.8. The number of benzene rings is 3. The smallest absolute Gasteiger partial charge is 0.389 e. The number of anilines is 1. The van der Waals surface area contributed by atoms with Crippen molar-refractivity contribution in [3.05, 3.63) is 83.2 Å². The highest BCUT2D eigenvalue weighted by molar-refractivity contribution is 6.11. The SMILES string of the molecule is CC(C)(C)c1cc(C(=O)O)on1.CCCCCCCCCCOc1cc2cc3ccc(-c4ccccc4CCCCCCCCCC(F)(F)F)cc3nc2c(NCCCCCCCCC)c1C(C)=O. The van der Waals surface area contributed by atoms with E-state index in [1.54, 1.807) is 6.92 Å². The highest BCUT2D eigenvalue weighted by Crippen LogP contribution is 2.38. The minimum absolute atomic E-state index is 0.0177. The van der Waals surface area contributed by atoms with Gasteiger partial charge < -0.3 is 19.7 Å². The summed E-state index contributed by atoms with van der Waals surface area (Å²) in [6, 6.07) is 20.7. The Kier molecular flexibility index (Phi) is 24.6. The number of carboxylic acid groups (broad SMARTS) is 1. The average Bonchev–Trinajstić information content (AvgIpc) is 3.83. The molecule has 2 aromatic heterocycles. The summed E-state index contributed by atoms with van der Waals surface area (Å²) in [5.41, 5.74) is 7.16. The van der Waals surface area contributed by atoms with Gasteiger partial charge in [-0.3, -0.25) is 4.79 Å². The van der Waals surface area contributed by atoms with Gasteiger partial charge in [0, 0.05) is 35.2 Å². The second-order valence-electron chi connectivity index (χ2n) is 19.9. The predicted octanol–water partition coefficient (Wildman–Crippen LogP) is 17.8. The van der Waals surface area contributed by atoms with Crippen molar-refractivity contribution >= 4 is 39.2 Å². The molecule has 8 nitrogen and oxygen atoms in total. The summed E-state index contributed by atoms with van der Waals surface area (Å²) < 4.78 is 48.3. The number of nitrogens with zero attached hydrogens (tertiary/aromatic N) is 2. The fourth-order valence-corrected chi connectivity index (χ4v) is 8.74. The molecule has 0 spiro atoms. The zero-order valence-electron chi connectivity index (χ0n) is 42.8. The van der Waals surface area contributed by atoms with Gasteiger partial charge in [-0.1, -0.05) is 192 Å². The average molecular weight is 958 g/mol. The van der Waals surface area contributed by atoms with Crippen LogP contribution in [0.25, 0.3) is 32.9 Å². The number of carbonyl (C=O) groups is 2. The Balaban J connectivity index is 0.000000750. The second kappa shape index (κ2) is 30.0. The van der Waals surface area contributed by atoms with Crippen molar-refractivity contribution in [3.63, 3.8) is 0 Å². The van der Waals surface area contributed by atoms with Crippen molar-refractivity contribution in [2.75, 3.05) is 18.5 Å². The van der Waals surface area contributed by atoms with Gasteiger partial charge in [0.05, 0.1) is 34.6 Å². The Morgan fingerprint density at radius 1 is 0.696 bits per heavy atom. The van der Waals surface area contributed by atoms with E-state index in [1.165, 1.54) is 87.8 Å². The number of halogens is 3. The van der Waals surface area contributed by atoms with Crippen LogP contribution in [-0.4, -0.2) is 46.3 Å². The van der Waals surface area contributed by atoms with Crippen LogP contribution < -0.4 is 10.1 Å². The number of fused-ring (bicyclic) bond motifs is 2. The van der Waals surface area contributed by atoms with Crippen LogP contribution in [0.5, 0.6) is 5.75 Å². The molecule has 0 fully saturated rings. The maximum Gasteiger partial charge on any atom is 0.389 e. The second-order valence-corrected chi connectivity index (χ2v) is 19.9. The molecule has 69 heavy (non-hydrogen) atoms. The monoisotopic (exact) mass is 958 g/mol. The molecular formula is C58H82F3N3O5. The van der Waals surface area contributed by atoms with Crippen molar-refractivity contribution in [2.45, 2.75) is 207 Å².